The number of carbonyl (C=O) groups excluding carboxylic acids is 1. The van der Waals surface area contributed by atoms with Crippen LogP contribution in [0.1, 0.15) is 35.6 Å². The van der Waals surface area contributed by atoms with Crippen LogP contribution in [0.3, 0.4) is 0 Å². The Labute approximate surface area is 181 Å². The van der Waals surface area contributed by atoms with Gasteiger partial charge in [-0.15, -0.1) is 0 Å². The zero-order valence-electron chi connectivity index (χ0n) is 16.8. The van der Waals surface area contributed by atoms with Crippen LogP contribution in [-0.2, 0) is 16.1 Å². The Kier molecular flexibility index (Phi) is 6.42. The molecule has 1 amide bonds. The quantitative estimate of drug-likeness (QED) is 0.306. The molecule has 0 unspecified atom stereocenters. The van der Waals surface area contributed by atoms with E-state index in [1.54, 1.807) is 16.8 Å². The first-order valence-corrected chi connectivity index (χ1v) is 9.50. The first-order chi connectivity index (χ1) is 15.2. The van der Waals surface area contributed by atoms with E-state index < -0.39 is 30.3 Å². The van der Waals surface area contributed by atoms with Crippen LogP contribution in [-0.4, -0.2) is 53.7 Å². The van der Waals surface area contributed by atoms with Crippen molar-refractivity contribution in [2.75, 3.05) is 5.73 Å². The number of aryl methyl sites for hydroxylation is 1. The number of aromatic nitrogens is 3. The molecule has 0 fully saturated rings. The molecular formula is C20H21N5O7. The molecule has 3 rings (SSSR count). The number of rotatable bonds is 10. The molecule has 0 radical (unpaired) electrons. The van der Waals surface area contributed by atoms with Gasteiger partial charge in [-0.05, 0) is 36.6 Å². The minimum atomic E-state index is -1.36. The molecule has 12 heteroatoms. The van der Waals surface area contributed by atoms with E-state index in [1.165, 1.54) is 12.1 Å². The summed E-state index contributed by atoms with van der Waals surface area (Å²) in [6.45, 7) is 4.34. The molecular weight excluding hydrogens is 422 g/mol. The van der Waals surface area contributed by atoms with E-state index in [1.807, 2.05) is 0 Å². The third-order valence-electron chi connectivity index (χ3n) is 4.69. The number of aromatic hydroxyl groups is 1. The minimum Gasteiger partial charge on any atom is -0.492 e. The number of furan rings is 1. The first kappa shape index (κ1) is 22.3. The predicted octanol–water partition coefficient (Wildman–Crippen LogP) is 1.46. The highest BCUT2D eigenvalue weighted by molar-refractivity contribution is 5.94. The van der Waals surface area contributed by atoms with Crippen LogP contribution in [0, 0.1) is 0 Å². The molecule has 3 aromatic rings. The fourth-order valence-corrected chi connectivity index (χ4v) is 3.07. The fraction of sp³-hybridized carbons (Fsp3) is 0.250. The molecule has 0 bridgehead atoms. The monoisotopic (exact) mass is 443 g/mol. The standard InChI is InChI=1S/C20H21N5O7/c1-10(6-8-25-9-7-11-16(25)18(29)24-20(21)23-11)13-3-4-14(32-13)17(28)22-12(19(30)31)2-5-15(26)27/h3-4,7,9,12H,1-2,5-6,8H2,(H,22,28)(H,26,27)(H,30,31)(H3,21,23,24,29)/t12-/m0/s1. The van der Waals surface area contributed by atoms with Gasteiger partial charge in [-0.1, -0.05) is 6.58 Å². The molecule has 3 aromatic heterocycles. The highest BCUT2D eigenvalue weighted by Gasteiger charge is 2.23. The lowest BCUT2D eigenvalue weighted by Gasteiger charge is -2.12. The molecule has 6 N–H and O–H groups in total. The Morgan fingerprint density at radius 3 is 2.56 bits per heavy atom. The van der Waals surface area contributed by atoms with Gasteiger partial charge in [-0.25, -0.2) is 9.78 Å². The van der Waals surface area contributed by atoms with E-state index in [4.69, 9.17) is 20.4 Å². The summed E-state index contributed by atoms with van der Waals surface area (Å²) in [7, 11) is 0. The number of anilines is 1. The maximum absolute atomic E-state index is 12.3. The second-order valence-electron chi connectivity index (χ2n) is 6.96. The number of nitrogens with zero attached hydrogens (tertiary/aromatic N) is 3. The third-order valence-corrected chi connectivity index (χ3v) is 4.69. The summed E-state index contributed by atoms with van der Waals surface area (Å²) < 4.78 is 7.22. The normalized spacial score (nSPS) is 11.9. The number of amides is 1. The van der Waals surface area contributed by atoms with Gasteiger partial charge < -0.3 is 35.4 Å². The Morgan fingerprint density at radius 2 is 1.88 bits per heavy atom. The van der Waals surface area contributed by atoms with Crippen LogP contribution >= 0.6 is 0 Å². The molecule has 0 aliphatic carbocycles. The van der Waals surface area contributed by atoms with Crippen LogP contribution in [0.2, 0.25) is 0 Å². The topological polar surface area (TPSA) is 194 Å². The summed E-state index contributed by atoms with van der Waals surface area (Å²) in [5.74, 6) is -3.37. The summed E-state index contributed by atoms with van der Waals surface area (Å²) in [6.07, 6.45) is 1.46. The lowest BCUT2D eigenvalue weighted by Crippen LogP contribution is -2.41. The number of nitrogens with one attached hydrogen (secondary N) is 1. The fourth-order valence-electron chi connectivity index (χ4n) is 3.07. The molecule has 1 atom stereocenters. The number of hydrogen-bond donors (Lipinski definition) is 5. The number of nitrogens with two attached hydrogens (primary N) is 1. The molecule has 168 valence electrons. The Morgan fingerprint density at radius 1 is 1.16 bits per heavy atom. The maximum atomic E-state index is 12.3. The van der Waals surface area contributed by atoms with Crippen LogP contribution in [0.5, 0.6) is 5.88 Å². The average Bonchev–Trinajstić information content (AvgIpc) is 3.36. The lowest BCUT2D eigenvalue weighted by molar-refractivity contribution is -0.140. The van der Waals surface area contributed by atoms with Crippen molar-refractivity contribution in [2.24, 2.45) is 0 Å². The van der Waals surface area contributed by atoms with E-state index in [2.05, 4.69) is 21.9 Å². The minimum absolute atomic E-state index is 0.0355. The Bertz CT molecular complexity index is 1200. The van der Waals surface area contributed by atoms with Gasteiger partial charge in [0.1, 0.15) is 17.3 Å². The van der Waals surface area contributed by atoms with E-state index in [0.29, 0.717) is 35.3 Å². The van der Waals surface area contributed by atoms with Gasteiger partial charge >= 0.3 is 11.9 Å². The lowest BCUT2D eigenvalue weighted by atomic mass is 10.1. The molecule has 0 aliphatic rings. The van der Waals surface area contributed by atoms with Crippen molar-refractivity contribution in [1.29, 1.82) is 0 Å². The number of hydrogen-bond acceptors (Lipinski definition) is 8. The average molecular weight is 443 g/mol. The summed E-state index contributed by atoms with van der Waals surface area (Å²) >= 11 is 0. The number of carboxylic acids is 2. The van der Waals surface area contributed by atoms with E-state index in [-0.39, 0.29) is 24.0 Å². The highest BCUT2D eigenvalue weighted by Crippen LogP contribution is 2.26. The van der Waals surface area contributed by atoms with E-state index in [9.17, 15) is 19.5 Å². The van der Waals surface area contributed by atoms with Gasteiger partial charge in [-0.3, -0.25) is 9.59 Å². The van der Waals surface area contributed by atoms with Crippen molar-refractivity contribution in [3.63, 3.8) is 0 Å². The largest absolute Gasteiger partial charge is 0.492 e. The van der Waals surface area contributed by atoms with Crippen LogP contribution in [0.4, 0.5) is 5.95 Å². The van der Waals surface area contributed by atoms with Gasteiger partial charge in [0.15, 0.2) is 5.76 Å². The van der Waals surface area contributed by atoms with Crippen molar-refractivity contribution < 1.29 is 34.1 Å². The number of fused-ring (bicyclic) bond motifs is 1. The summed E-state index contributed by atoms with van der Waals surface area (Å²) in [5.41, 5.74) is 7.00. The summed E-state index contributed by atoms with van der Waals surface area (Å²) in [6, 6.07) is 3.23. The molecule has 12 nitrogen and oxygen atoms in total. The molecule has 0 spiro atoms. The second kappa shape index (κ2) is 9.20. The zero-order valence-corrected chi connectivity index (χ0v) is 16.8. The predicted molar refractivity (Wildman–Crippen MR) is 112 cm³/mol. The van der Waals surface area contributed by atoms with E-state index >= 15 is 0 Å². The maximum Gasteiger partial charge on any atom is 0.326 e. The Hall–Kier alpha value is -4.35. The van der Waals surface area contributed by atoms with Crippen molar-refractivity contribution in [3.05, 3.63) is 42.5 Å². The first-order valence-electron chi connectivity index (χ1n) is 9.50. The number of aliphatic carboxylic acids is 2. The third kappa shape index (κ3) is 5.03. The van der Waals surface area contributed by atoms with Crippen molar-refractivity contribution >= 4 is 40.4 Å². The van der Waals surface area contributed by atoms with Crippen molar-refractivity contribution in [3.8, 4) is 5.88 Å². The molecule has 0 aromatic carbocycles. The summed E-state index contributed by atoms with van der Waals surface area (Å²) in [4.78, 5) is 42.0. The van der Waals surface area contributed by atoms with E-state index in [0.717, 1.165) is 0 Å². The molecule has 3 heterocycles. The van der Waals surface area contributed by atoms with Gasteiger partial charge in [0.25, 0.3) is 5.91 Å². The van der Waals surface area contributed by atoms with Gasteiger partial charge in [0.2, 0.25) is 11.8 Å². The van der Waals surface area contributed by atoms with Gasteiger partial charge in [0, 0.05) is 19.2 Å². The number of nitrogen functional groups attached to an aromatic ring is 1. The Balaban J connectivity index is 1.63. The van der Waals surface area contributed by atoms with Crippen molar-refractivity contribution in [2.45, 2.75) is 31.8 Å². The number of carbonyl (C=O) groups is 3. The van der Waals surface area contributed by atoms with Crippen LogP contribution < -0.4 is 11.1 Å². The molecule has 0 saturated heterocycles. The van der Waals surface area contributed by atoms with Crippen molar-refractivity contribution in [1.82, 2.24) is 19.9 Å². The smallest absolute Gasteiger partial charge is 0.326 e. The zero-order chi connectivity index (χ0) is 23.4. The second-order valence-corrected chi connectivity index (χ2v) is 6.96. The molecule has 32 heavy (non-hydrogen) atoms. The van der Waals surface area contributed by atoms with Gasteiger partial charge in [-0.2, -0.15) is 4.98 Å². The van der Waals surface area contributed by atoms with Crippen LogP contribution in [0.15, 0.2) is 35.4 Å². The highest BCUT2D eigenvalue weighted by atomic mass is 16.4. The van der Waals surface area contributed by atoms with Crippen LogP contribution in [0.25, 0.3) is 16.6 Å². The molecule has 0 saturated carbocycles. The number of allylic oxidation sites excluding steroid dienone is 1. The SMILES string of the molecule is C=C(CCn1ccc2nc(N)nc(O)c21)c1ccc(C(=O)N[C@@H](CCC(=O)O)C(=O)O)o1. The number of carboxylic acid groups (broad SMARTS) is 2. The summed E-state index contributed by atoms with van der Waals surface area (Å²) in [5, 5.41) is 30.1. The van der Waals surface area contributed by atoms with Gasteiger partial charge in [0.05, 0.1) is 5.52 Å². The molecule has 0 aliphatic heterocycles.